The van der Waals surface area contributed by atoms with Gasteiger partial charge in [-0.15, -0.1) is 0 Å². The molecule has 192 valence electrons. The Bertz CT molecular complexity index is 1060. The lowest BCUT2D eigenvalue weighted by molar-refractivity contribution is -0.275. The van der Waals surface area contributed by atoms with Crippen molar-refractivity contribution in [3.8, 4) is 0 Å². The molecule has 10 atom stereocenters. The van der Waals surface area contributed by atoms with Crippen molar-refractivity contribution in [1.29, 1.82) is 0 Å². The summed E-state index contributed by atoms with van der Waals surface area (Å²) in [5.74, 6) is -0.319. The Hall–Kier alpha value is -1.86. The molecule has 0 unspecified atom stereocenters. The van der Waals surface area contributed by atoms with Crippen molar-refractivity contribution >= 4 is 11.9 Å². The first-order valence-electron chi connectivity index (χ1n) is 13.1. The summed E-state index contributed by atoms with van der Waals surface area (Å²) in [6.07, 6.45) is 5.33. The molecule has 7 nitrogen and oxygen atoms in total. The molecule has 1 spiro atoms. The van der Waals surface area contributed by atoms with E-state index in [1.165, 1.54) is 6.92 Å². The lowest BCUT2D eigenvalue weighted by Gasteiger charge is -2.70. The van der Waals surface area contributed by atoms with Crippen LogP contribution in [0, 0.1) is 33.5 Å². The van der Waals surface area contributed by atoms with Crippen LogP contribution in [0.1, 0.15) is 85.3 Å². The molecule has 0 aromatic carbocycles. The summed E-state index contributed by atoms with van der Waals surface area (Å²) in [4.78, 5) is 25.7. The van der Waals surface area contributed by atoms with E-state index in [0.717, 1.165) is 31.2 Å². The van der Waals surface area contributed by atoms with Crippen molar-refractivity contribution in [3.05, 3.63) is 24.2 Å². The highest BCUT2D eigenvalue weighted by molar-refractivity contribution is 5.82. The van der Waals surface area contributed by atoms with Crippen LogP contribution in [0.5, 0.6) is 0 Å². The Kier molecular flexibility index (Phi) is 4.65. The van der Waals surface area contributed by atoms with Crippen LogP contribution in [0.4, 0.5) is 0 Å². The summed E-state index contributed by atoms with van der Waals surface area (Å²) in [6.45, 7) is 12.5. The van der Waals surface area contributed by atoms with Gasteiger partial charge in [0.2, 0.25) is 0 Å². The lowest BCUT2D eigenvalue weighted by Crippen LogP contribution is -2.73. The third-order valence-electron chi connectivity index (χ3n) is 11.5. The number of cyclic esters (lactones) is 1. The molecule has 1 aromatic heterocycles. The predicted octanol–water partition coefficient (Wildman–Crippen LogP) is 4.58. The van der Waals surface area contributed by atoms with E-state index in [-0.39, 0.29) is 34.6 Å². The zero-order valence-electron chi connectivity index (χ0n) is 21.6. The van der Waals surface area contributed by atoms with Gasteiger partial charge in [-0.25, -0.2) is 4.79 Å². The van der Waals surface area contributed by atoms with Gasteiger partial charge in [0.15, 0.2) is 6.10 Å². The summed E-state index contributed by atoms with van der Waals surface area (Å²) in [6, 6.07) is 1.86. The topological polar surface area (TPSA) is 98.5 Å². The molecule has 3 aliphatic carbocycles. The van der Waals surface area contributed by atoms with Gasteiger partial charge in [-0.3, -0.25) is 4.79 Å². The molecule has 0 radical (unpaired) electrons. The van der Waals surface area contributed by atoms with Gasteiger partial charge in [0, 0.05) is 23.3 Å². The highest BCUT2D eigenvalue weighted by atomic mass is 16.7. The number of epoxide rings is 1. The first kappa shape index (κ1) is 23.5. The molecule has 5 aliphatic rings. The van der Waals surface area contributed by atoms with Crippen molar-refractivity contribution in [2.75, 3.05) is 0 Å². The molecule has 0 bridgehead atoms. The Labute approximate surface area is 206 Å². The average molecular weight is 487 g/mol. The second kappa shape index (κ2) is 6.91. The molecule has 1 N–H and O–H groups in total. The standard InChI is InChI=1S/C28H38O7/c1-15(29)33-20-13-18-24(2,3)19(30)8-10-25(18,4)17-7-11-26(5)21(16-9-12-32-14-16)34-23(31)22-28(26,35-22)27(17,20)6/h9,12,14,17-22,30H,7-8,10-11,13H2,1-6H3/t17-,18-,19+,20+,21+,22-,25-,26-,27+,28+/m1/s1. The van der Waals surface area contributed by atoms with Crippen LogP contribution in [0.25, 0.3) is 0 Å². The van der Waals surface area contributed by atoms with Crippen LogP contribution < -0.4 is 0 Å². The molecule has 7 heteroatoms. The zero-order chi connectivity index (χ0) is 25.2. The second-order valence-corrected chi connectivity index (χ2v) is 13.2. The number of hydrogen-bond acceptors (Lipinski definition) is 7. The summed E-state index contributed by atoms with van der Waals surface area (Å²) in [5.41, 5.74) is -1.42. The maximum absolute atomic E-state index is 13.3. The minimum atomic E-state index is -0.797. The van der Waals surface area contributed by atoms with Crippen molar-refractivity contribution in [3.63, 3.8) is 0 Å². The van der Waals surface area contributed by atoms with Crippen LogP contribution in [0.3, 0.4) is 0 Å². The predicted molar refractivity (Wildman–Crippen MR) is 125 cm³/mol. The summed E-state index contributed by atoms with van der Waals surface area (Å²) in [5, 5.41) is 11.0. The third-order valence-corrected chi connectivity index (χ3v) is 11.5. The fourth-order valence-electron chi connectivity index (χ4n) is 9.88. The van der Waals surface area contributed by atoms with Gasteiger partial charge in [0.05, 0.1) is 18.6 Å². The van der Waals surface area contributed by atoms with Gasteiger partial charge in [-0.1, -0.05) is 34.6 Å². The van der Waals surface area contributed by atoms with Gasteiger partial charge >= 0.3 is 11.9 Å². The van der Waals surface area contributed by atoms with Gasteiger partial charge in [-0.05, 0) is 60.8 Å². The molecule has 2 saturated heterocycles. The lowest BCUT2D eigenvalue weighted by atomic mass is 9.34. The number of furan rings is 1. The van der Waals surface area contributed by atoms with Gasteiger partial charge < -0.3 is 23.7 Å². The molecule has 0 amide bonds. The van der Waals surface area contributed by atoms with Crippen molar-refractivity contribution in [1.82, 2.24) is 0 Å². The van der Waals surface area contributed by atoms with Crippen LogP contribution in [0.2, 0.25) is 0 Å². The largest absolute Gasteiger partial charge is 0.472 e. The minimum Gasteiger partial charge on any atom is -0.472 e. The minimum absolute atomic E-state index is 0.0762. The van der Waals surface area contributed by atoms with Crippen molar-refractivity contribution in [2.24, 2.45) is 33.5 Å². The number of esters is 2. The van der Waals surface area contributed by atoms with E-state index < -0.39 is 40.8 Å². The Morgan fingerprint density at radius 1 is 1.09 bits per heavy atom. The molecule has 5 fully saturated rings. The molecular formula is C28H38O7. The van der Waals surface area contributed by atoms with Crippen LogP contribution in [-0.4, -0.2) is 41.0 Å². The molecule has 3 heterocycles. The maximum Gasteiger partial charge on any atom is 0.339 e. The fourth-order valence-corrected chi connectivity index (χ4v) is 9.88. The van der Waals surface area contributed by atoms with Gasteiger partial charge in [-0.2, -0.15) is 0 Å². The average Bonchev–Trinajstić information content (AvgIpc) is 3.35. The number of ether oxygens (including phenoxy) is 3. The first-order valence-corrected chi connectivity index (χ1v) is 13.1. The highest BCUT2D eigenvalue weighted by Gasteiger charge is 2.88. The Morgan fingerprint density at radius 2 is 1.83 bits per heavy atom. The van der Waals surface area contributed by atoms with Crippen molar-refractivity contribution in [2.45, 2.75) is 104 Å². The SMILES string of the molecule is CC(=O)O[C@H]1C[C@@H]2C(C)(C)[C@@H](O)CC[C@]2(C)[C@H]2CC[C@]3(C)[C@H](c4ccoc4)OC(=O)[C@H]4O[C@@]43[C@]12C. The maximum atomic E-state index is 13.3. The Morgan fingerprint density at radius 3 is 2.49 bits per heavy atom. The van der Waals surface area contributed by atoms with E-state index in [9.17, 15) is 14.7 Å². The normalized spacial score (nSPS) is 51.7. The Balaban J connectivity index is 1.53. The zero-order valence-corrected chi connectivity index (χ0v) is 21.6. The molecule has 1 aromatic rings. The molecule has 6 rings (SSSR count). The smallest absolute Gasteiger partial charge is 0.339 e. The van der Waals surface area contributed by atoms with E-state index in [1.54, 1.807) is 12.5 Å². The van der Waals surface area contributed by atoms with E-state index >= 15 is 0 Å². The fraction of sp³-hybridized carbons (Fsp3) is 0.786. The summed E-state index contributed by atoms with van der Waals surface area (Å²) in [7, 11) is 0. The van der Waals surface area contributed by atoms with Crippen LogP contribution in [-0.2, 0) is 23.8 Å². The molecular weight excluding hydrogens is 448 g/mol. The molecule has 2 aliphatic heterocycles. The van der Waals surface area contributed by atoms with Crippen molar-refractivity contribution < 1.29 is 33.3 Å². The molecule has 3 saturated carbocycles. The number of rotatable bonds is 2. The second-order valence-electron chi connectivity index (χ2n) is 13.2. The number of carbonyl (C=O) groups excluding carboxylic acids is 2. The highest BCUT2D eigenvalue weighted by Crippen LogP contribution is 2.80. The summed E-state index contributed by atoms with van der Waals surface area (Å²) >= 11 is 0. The number of aliphatic hydroxyl groups is 1. The number of carbonyl (C=O) groups is 2. The van der Waals surface area contributed by atoms with Gasteiger partial charge in [0.1, 0.15) is 17.8 Å². The third kappa shape index (κ3) is 2.59. The number of hydrogen-bond donors (Lipinski definition) is 1. The van der Waals surface area contributed by atoms with E-state index in [0.29, 0.717) is 6.42 Å². The monoisotopic (exact) mass is 486 g/mol. The summed E-state index contributed by atoms with van der Waals surface area (Å²) < 4.78 is 24.1. The number of fused-ring (bicyclic) bond motifs is 3. The van der Waals surface area contributed by atoms with E-state index in [2.05, 4.69) is 34.6 Å². The van der Waals surface area contributed by atoms with Gasteiger partial charge in [0.25, 0.3) is 0 Å². The van der Waals surface area contributed by atoms with E-state index in [4.69, 9.17) is 18.6 Å². The number of aliphatic hydroxyl groups excluding tert-OH is 1. The van der Waals surface area contributed by atoms with Crippen LogP contribution in [0.15, 0.2) is 23.0 Å². The first-order chi connectivity index (χ1) is 16.3. The van der Waals surface area contributed by atoms with Crippen LogP contribution >= 0.6 is 0 Å². The molecule has 35 heavy (non-hydrogen) atoms. The quantitative estimate of drug-likeness (QED) is 0.483. The van der Waals surface area contributed by atoms with E-state index in [1.807, 2.05) is 6.07 Å².